The van der Waals surface area contributed by atoms with Crippen molar-refractivity contribution in [3.05, 3.63) is 0 Å². The predicted molar refractivity (Wildman–Crippen MR) is 53.8 cm³/mol. The van der Waals surface area contributed by atoms with Gasteiger partial charge in [-0.25, -0.2) is 0 Å². The van der Waals surface area contributed by atoms with E-state index in [1.54, 1.807) is 7.11 Å². The minimum Gasteiger partial charge on any atom is -0.396 e. The molecule has 11 heavy (non-hydrogen) atoms. The van der Waals surface area contributed by atoms with Crippen LogP contribution in [0.2, 0.25) is 12.6 Å². The van der Waals surface area contributed by atoms with Crippen LogP contribution in [0.3, 0.4) is 0 Å². The topological polar surface area (TPSA) is 18.5 Å². The predicted octanol–water partition coefficient (Wildman–Crippen LogP) is 1.67. The van der Waals surface area contributed by atoms with Crippen molar-refractivity contribution < 1.29 is 9.16 Å². The van der Waals surface area contributed by atoms with Crippen molar-refractivity contribution in [3.63, 3.8) is 0 Å². The van der Waals surface area contributed by atoms with Crippen LogP contribution in [0.5, 0.6) is 0 Å². The first kappa shape index (κ1) is 11.5. The lowest BCUT2D eigenvalue weighted by molar-refractivity contribution is -0.0407. The molecular weight excluding hydrogens is 176 g/mol. The van der Waals surface area contributed by atoms with E-state index in [-0.39, 0.29) is 6.29 Å². The third-order valence-corrected chi connectivity index (χ3v) is 3.91. The molecule has 0 N–H and O–H groups in total. The van der Waals surface area contributed by atoms with Crippen molar-refractivity contribution in [3.8, 4) is 0 Å². The molecular formula is C7H18O2SSi. The van der Waals surface area contributed by atoms with Gasteiger partial charge in [0.15, 0.2) is 9.04 Å². The molecule has 0 saturated carbocycles. The summed E-state index contributed by atoms with van der Waals surface area (Å²) in [5, 5.41) is 0. The summed E-state index contributed by atoms with van der Waals surface area (Å²) < 4.78 is 10.6. The quantitative estimate of drug-likeness (QED) is 0.394. The third-order valence-electron chi connectivity index (χ3n) is 1.52. The van der Waals surface area contributed by atoms with Gasteiger partial charge in [0.25, 0.3) is 0 Å². The zero-order chi connectivity index (χ0) is 8.69. The second kappa shape index (κ2) is 7.15. The summed E-state index contributed by atoms with van der Waals surface area (Å²) in [6.07, 6.45) is 1.13. The zero-order valence-corrected chi connectivity index (χ0v) is 9.59. The third kappa shape index (κ3) is 6.87. The van der Waals surface area contributed by atoms with Gasteiger partial charge in [-0.15, -0.1) is 0 Å². The van der Waals surface area contributed by atoms with E-state index in [1.807, 2.05) is 6.92 Å². The Hall–Kier alpha value is 0.487. The maximum Gasteiger partial charge on any atom is 0.177 e. The molecule has 0 heterocycles. The normalized spacial score (nSPS) is 16.4. The van der Waals surface area contributed by atoms with Crippen LogP contribution < -0.4 is 0 Å². The summed E-state index contributed by atoms with van der Waals surface area (Å²) in [7, 11) is 0.702. The molecule has 2 atom stereocenters. The monoisotopic (exact) mass is 194 g/mol. The van der Waals surface area contributed by atoms with Crippen molar-refractivity contribution in [2.45, 2.75) is 32.2 Å². The highest BCUT2D eigenvalue weighted by Crippen LogP contribution is 2.03. The zero-order valence-electron chi connectivity index (χ0n) is 7.54. The van der Waals surface area contributed by atoms with Crippen LogP contribution in [0.25, 0.3) is 0 Å². The maximum absolute atomic E-state index is 5.58. The fourth-order valence-electron chi connectivity index (χ4n) is 0.829. The van der Waals surface area contributed by atoms with Crippen molar-refractivity contribution in [1.29, 1.82) is 0 Å². The van der Waals surface area contributed by atoms with Crippen molar-refractivity contribution >= 4 is 21.7 Å². The van der Waals surface area contributed by atoms with Crippen LogP contribution >= 0.6 is 12.6 Å². The molecule has 0 amide bonds. The Morgan fingerprint density at radius 1 is 1.55 bits per heavy atom. The first-order valence-corrected chi connectivity index (χ1v) is 7.07. The fraction of sp³-hybridized carbons (Fsp3) is 1.00. The molecule has 0 rings (SSSR count). The Morgan fingerprint density at radius 3 is 2.64 bits per heavy atom. The van der Waals surface area contributed by atoms with Gasteiger partial charge in [-0.1, -0.05) is 0 Å². The van der Waals surface area contributed by atoms with Gasteiger partial charge in [0.05, 0.1) is 0 Å². The Labute approximate surface area is 76.4 Å². The van der Waals surface area contributed by atoms with Crippen LogP contribution in [-0.2, 0) is 9.16 Å². The van der Waals surface area contributed by atoms with Crippen LogP contribution in [0.4, 0.5) is 0 Å². The summed E-state index contributed by atoms with van der Waals surface area (Å²) in [5.74, 6) is 0.960. The molecule has 2 unspecified atom stereocenters. The maximum atomic E-state index is 5.58. The molecule has 0 aromatic rings. The molecule has 2 nitrogen and oxygen atoms in total. The smallest absolute Gasteiger partial charge is 0.177 e. The van der Waals surface area contributed by atoms with E-state index >= 15 is 0 Å². The Morgan fingerprint density at radius 2 is 2.18 bits per heavy atom. The molecule has 0 bridgehead atoms. The Bertz CT molecular complexity index is 92.5. The van der Waals surface area contributed by atoms with Crippen LogP contribution in [0.1, 0.15) is 13.3 Å². The summed E-state index contributed by atoms with van der Waals surface area (Å²) in [4.78, 5) is 0. The molecule has 0 aliphatic rings. The molecule has 4 heteroatoms. The largest absolute Gasteiger partial charge is 0.396 e. The molecule has 0 saturated heterocycles. The summed E-state index contributed by atoms with van der Waals surface area (Å²) >= 11 is 4.14. The molecule has 0 aliphatic carbocycles. The highest BCUT2D eigenvalue weighted by atomic mass is 32.1. The van der Waals surface area contributed by atoms with E-state index in [0.29, 0.717) is 0 Å². The molecule has 68 valence electrons. The SMILES string of the molecule is COC(C)O[SiH](C)CCCS. The van der Waals surface area contributed by atoms with Gasteiger partial charge in [-0.3, -0.25) is 0 Å². The summed E-state index contributed by atoms with van der Waals surface area (Å²) in [5.41, 5.74) is 0. The lowest BCUT2D eigenvalue weighted by atomic mass is 10.6. The van der Waals surface area contributed by atoms with Gasteiger partial charge in [0, 0.05) is 7.11 Å². The van der Waals surface area contributed by atoms with Gasteiger partial charge >= 0.3 is 0 Å². The molecule has 0 radical (unpaired) electrons. The number of methoxy groups -OCH3 is 1. The van der Waals surface area contributed by atoms with Gasteiger partial charge in [-0.2, -0.15) is 12.6 Å². The van der Waals surface area contributed by atoms with Crippen LogP contribution in [-0.4, -0.2) is 28.2 Å². The van der Waals surface area contributed by atoms with Crippen molar-refractivity contribution in [2.75, 3.05) is 12.9 Å². The lowest BCUT2D eigenvalue weighted by Gasteiger charge is -2.16. The van der Waals surface area contributed by atoms with E-state index in [2.05, 4.69) is 19.2 Å². The minimum absolute atomic E-state index is 0.0309. The van der Waals surface area contributed by atoms with Gasteiger partial charge in [0.2, 0.25) is 0 Å². The molecule has 0 spiro atoms. The molecule has 0 aromatic heterocycles. The van der Waals surface area contributed by atoms with Gasteiger partial charge in [0.1, 0.15) is 6.29 Å². The Kier molecular flexibility index (Phi) is 7.47. The van der Waals surface area contributed by atoms with Crippen LogP contribution in [0.15, 0.2) is 0 Å². The number of hydrogen-bond acceptors (Lipinski definition) is 3. The van der Waals surface area contributed by atoms with Gasteiger partial charge < -0.3 is 9.16 Å². The van der Waals surface area contributed by atoms with E-state index < -0.39 is 9.04 Å². The van der Waals surface area contributed by atoms with E-state index in [1.165, 1.54) is 6.04 Å². The summed E-state index contributed by atoms with van der Waals surface area (Å²) in [6, 6.07) is 1.19. The van der Waals surface area contributed by atoms with E-state index in [9.17, 15) is 0 Å². The average Bonchev–Trinajstić information content (AvgIpc) is 2.00. The average molecular weight is 194 g/mol. The fourth-order valence-corrected chi connectivity index (χ4v) is 3.04. The number of hydrogen-bond donors (Lipinski definition) is 1. The first-order valence-electron chi connectivity index (χ1n) is 3.99. The second-order valence-electron chi connectivity index (χ2n) is 2.62. The highest BCUT2D eigenvalue weighted by molar-refractivity contribution is 7.80. The number of thiol groups is 1. The molecule has 0 aliphatic heterocycles. The van der Waals surface area contributed by atoms with E-state index in [4.69, 9.17) is 9.16 Å². The van der Waals surface area contributed by atoms with Crippen molar-refractivity contribution in [1.82, 2.24) is 0 Å². The van der Waals surface area contributed by atoms with Gasteiger partial charge in [-0.05, 0) is 31.7 Å². The second-order valence-corrected chi connectivity index (χ2v) is 5.53. The highest BCUT2D eigenvalue weighted by Gasteiger charge is 2.07. The number of rotatable bonds is 6. The minimum atomic E-state index is -0.969. The van der Waals surface area contributed by atoms with Crippen molar-refractivity contribution in [2.24, 2.45) is 0 Å². The molecule has 0 aromatic carbocycles. The Balaban J connectivity index is 3.27. The molecule has 0 fully saturated rings. The standard InChI is InChI=1S/C7H18O2SSi/c1-7(8-2)9-11(3)6-4-5-10/h7,10-11H,4-6H2,1-3H3. The van der Waals surface area contributed by atoms with E-state index in [0.717, 1.165) is 12.2 Å². The summed E-state index contributed by atoms with van der Waals surface area (Å²) in [6.45, 7) is 4.13. The lowest BCUT2D eigenvalue weighted by Crippen LogP contribution is -2.21. The van der Waals surface area contributed by atoms with Crippen LogP contribution in [0, 0.1) is 0 Å². The first-order chi connectivity index (χ1) is 5.20. The number of ether oxygens (including phenoxy) is 1.